The molecule has 1 heterocycles. The Bertz CT molecular complexity index is 362. The van der Waals surface area contributed by atoms with Crippen molar-refractivity contribution >= 4 is 0 Å². The molecule has 0 aromatic heterocycles. The van der Waals surface area contributed by atoms with Gasteiger partial charge in [-0.1, -0.05) is 20.8 Å². The molecule has 3 aliphatic rings. The molecule has 0 aromatic rings. The number of ether oxygens (including phenoxy) is 2. The van der Waals surface area contributed by atoms with Gasteiger partial charge in [-0.05, 0) is 36.0 Å². The molecule has 1 saturated heterocycles. The maximum atomic E-state index is 10.3. The summed E-state index contributed by atoms with van der Waals surface area (Å²) in [6.45, 7) is 11.6. The Morgan fingerprint density at radius 3 is 2.62 bits per heavy atom. The van der Waals surface area contributed by atoms with Crippen molar-refractivity contribution in [3.05, 3.63) is 0 Å². The van der Waals surface area contributed by atoms with E-state index in [0.29, 0.717) is 24.7 Å². The van der Waals surface area contributed by atoms with Crippen molar-refractivity contribution in [2.75, 3.05) is 39.5 Å². The number of nitrogens with zero attached hydrogens (tertiary/aromatic N) is 1. The Morgan fingerprint density at radius 2 is 2.00 bits per heavy atom. The minimum Gasteiger partial charge on any atom is -0.389 e. The molecule has 1 N–H and O–H groups in total. The van der Waals surface area contributed by atoms with Gasteiger partial charge in [0.25, 0.3) is 0 Å². The Hall–Kier alpha value is -0.160. The van der Waals surface area contributed by atoms with Crippen molar-refractivity contribution in [2.45, 2.75) is 52.2 Å². The van der Waals surface area contributed by atoms with Crippen LogP contribution in [0.5, 0.6) is 0 Å². The monoisotopic (exact) mass is 297 g/mol. The van der Waals surface area contributed by atoms with E-state index in [2.05, 4.69) is 25.7 Å². The molecule has 2 bridgehead atoms. The van der Waals surface area contributed by atoms with E-state index in [1.54, 1.807) is 0 Å². The highest BCUT2D eigenvalue weighted by Gasteiger charge is 2.60. The van der Waals surface area contributed by atoms with Crippen LogP contribution in [0.3, 0.4) is 0 Å². The number of hydrogen-bond donors (Lipinski definition) is 1. The van der Waals surface area contributed by atoms with Gasteiger partial charge in [0.05, 0.1) is 32.0 Å². The summed E-state index contributed by atoms with van der Waals surface area (Å²) in [5.41, 5.74) is 0.582. The van der Waals surface area contributed by atoms with E-state index in [-0.39, 0.29) is 11.5 Å². The lowest BCUT2D eigenvalue weighted by Crippen LogP contribution is -2.46. The molecule has 0 amide bonds. The minimum atomic E-state index is -0.387. The van der Waals surface area contributed by atoms with Crippen LogP contribution in [-0.2, 0) is 9.47 Å². The summed E-state index contributed by atoms with van der Waals surface area (Å²) in [6.07, 6.45) is 3.83. The van der Waals surface area contributed by atoms with Crippen LogP contribution in [0.25, 0.3) is 0 Å². The first kappa shape index (κ1) is 15.7. The largest absolute Gasteiger partial charge is 0.389 e. The molecule has 4 nitrogen and oxygen atoms in total. The van der Waals surface area contributed by atoms with Gasteiger partial charge in [-0.2, -0.15) is 0 Å². The summed E-state index contributed by atoms with van der Waals surface area (Å²) in [5.74, 6) is 0.795. The highest BCUT2D eigenvalue weighted by molar-refractivity contribution is 5.09. The molecule has 3 rings (SSSR count). The normalized spacial score (nSPS) is 40.6. The van der Waals surface area contributed by atoms with Gasteiger partial charge in [0.15, 0.2) is 0 Å². The van der Waals surface area contributed by atoms with Crippen LogP contribution in [0.1, 0.15) is 40.0 Å². The van der Waals surface area contributed by atoms with Gasteiger partial charge in [-0.3, -0.25) is 4.90 Å². The van der Waals surface area contributed by atoms with Crippen molar-refractivity contribution in [1.29, 1.82) is 0 Å². The fraction of sp³-hybridized carbons (Fsp3) is 1.00. The summed E-state index contributed by atoms with van der Waals surface area (Å²) >= 11 is 0. The van der Waals surface area contributed by atoms with E-state index in [9.17, 15) is 5.11 Å². The zero-order valence-corrected chi connectivity index (χ0v) is 13.8. The van der Waals surface area contributed by atoms with Crippen LogP contribution < -0.4 is 0 Å². The van der Waals surface area contributed by atoms with E-state index in [0.717, 1.165) is 32.2 Å². The Balaban J connectivity index is 1.50. The van der Waals surface area contributed by atoms with Gasteiger partial charge in [-0.25, -0.2) is 0 Å². The van der Waals surface area contributed by atoms with E-state index >= 15 is 0 Å². The highest BCUT2D eigenvalue weighted by atomic mass is 16.5. The first-order valence-corrected chi connectivity index (χ1v) is 8.51. The second kappa shape index (κ2) is 5.80. The molecule has 4 heteroatoms. The maximum Gasteiger partial charge on any atom is 0.0900 e. The fourth-order valence-electron chi connectivity index (χ4n) is 5.01. The molecule has 4 atom stereocenters. The molecule has 0 unspecified atom stereocenters. The summed E-state index contributed by atoms with van der Waals surface area (Å²) in [7, 11) is 0. The molecular weight excluding hydrogens is 266 g/mol. The molecule has 122 valence electrons. The summed E-state index contributed by atoms with van der Waals surface area (Å²) < 4.78 is 11.6. The number of β-amino-alcohol motifs (C(OH)–C–C–N with tert-alkyl or cyclic N) is 1. The van der Waals surface area contributed by atoms with Gasteiger partial charge in [-0.15, -0.1) is 0 Å². The molecule has 0 aromatic carbocycles. The van der Waals surface area contributed by atoms with Gasteiger partial charge in [0.2, 0.25) is 0 Å². The van der Waals surface area contributed by atoms with Crippen molar-refractivity contribution in [2.24, 2.45) is 16.7 Å². The molecule has 2 saturated carbocycles. The Morgan fingerprint density at radius 1 is 1.29 bits per heavy atom. The quantitative estimate of drug-likeness (QED) is 0.842. The molecular formula is C17H31NO3. The van der Waals surface area contributed by atoms with Crippen molar-refractivity contribution in [3.8, 4) is 0 Å². The standard InChI is InChI=1S/C17H31NO3/c1-16(2)13-4-5-17(3,10-13)15(16)21-12-14(19)11-18-6-8-20-9-7-18/h13-15,19H,4-12H2,1-3H3/t13-,14+,15+,17+/m0/s1. The van der Waals surface area contributed by atoms with Crippen LogP contribution in [-0.4, -0.2) is 61.7 Å². The first-order chi connectivity index (χ1) is 9.92. The predicted molar refractivity (Wildman–Crippen MR) is 82.2 cm³/mol. The lowest BCUT2D eigenvalue weighted by Gasteiger charge is -2.42. The average Bonchev–Trinajstić information content (AvgIpc) is 2.90. The smallest absolute Gasteiger partial charge is 0.0900 e. The number of aliphatic hydroxyl groups is 1. The van der Waals surface area contributed by atoms with E-state index in [4.69, 9.17) is 9.47 Å². The number of aliphatic hydroxyl groups excluding tert-OH is 1. The molecule has 1 aliphatic heterocycles. The SMILES string of the molecule is CC1(C)[C@H]2CC[C@](C)(C2)[C@@H]1OC[C@H](O)CN1CCOCC1. The van der Waals surface area contributed by atoms with E-state index < -0.39 is 0 Å². The molecule has 2 aliphatic carbocycles. The first-order valence-electron chi connectivity index (χ1n) is 8.51. The number of morpholine rings is 1. The van der Waals surface area contributed by atoms with Crippen LogP contribution in [0, 0.1) is 16.7 Å². The van der Waals surface area contributed by atoms with E-state index in [1.165, 1.54) is 19.3 Å². The van der Waals surface area contributed by atoms with Crippen LogP contribution in [0.4, 0.5) is 0 Å². The van der Waals surface area contributed by atoms with Crippen LogP contribution in [0.2, 0.25) is 0 Å². The van der Waals surface area contributed by atoms with Gasteiger partial charge < -0.3 is 14.6 Å². The third-order valence-electron chi connectivity index (χ3n) is 6.17. The molecule has 0 radical (unpaired) electrons. The fourth-order valence-corrected chi connectivity index (χ4v) is 5.01. The Kier molecular flexibility index (Phi) is 4.34. The lowest BCUT2D eigenvalue weighted by molar-refractivity contribution is -0.115. The number of hydrogen-bond acceptors (Lipinski definition) is 4. The highest BCUT2D eigenvalue weighted by Crippen LogP contribution is 2.63. The van der Waals surface area contributed by atoms with Crippen molar-refractivity contribution in [3.63, 3.8) is 0 Å². The molecule has 3 fully saturated rings. The van der Waals surface area contributed by atoms with Gasteiger partial charge >= 0.3 is 0 Å². The molecule has 21 heavy (non-hydrogen) atoms. The van der Waals surface area contributed by atoms with Crippen molar-refractivity contribution < 1.29 is 14.6 Å². The third-order valence-corrected chi connectivity index (χ3v) is 6.17. The number of rotatable bonds is 5. The topological polar surface area (TPSA) is 41.9 Å². The zero-order valence-electron chi connectivity index (χ0n) is 13.8. The number of fused-ring (bicyclic) bond motifs is 2. The zero-order chi connectivity index (χ0) is 15.1. The van der Waals surface area contributed by atoms with Crippen molar-refractivity contribution in [1.82, 2.24) is 4.90 Å². The molecule has 0 spiro atoms. The average molecular weight is 297 g/mol. The minimum absolute atomic E-state index is 0.256. The predicted octanol–water partition coefficient (Wildman–Crippen LogP) is 1.91. The lowest BCUT2D eigenvalue weighted by atomic mass is 9.70. The van der Waals surface area contributed by atoms with Gasteiger partial charge in [0.1, 0.15) is 0 Å². The second-order valence-corrected chi connectivity index (χ2v) is 8.20. The second-order valence-electron chi connectivity index (χ2n) is 8.20. The summed E-state index contributed by atoms with van der Waals surface area (Å²) in [5, 5.41) is 10.3. The Labute approximate surface area is 128 Å². The van der Waals surface area contributed by atoms with Gasteiger partial charge in [0, 0.05) is 19.6 Å². The summed E-state index contributed by atoms with van der Waals surface area (Å²) in [6, 6.07) is 0. The maximum absolute atomic E-state index is 10.3. The van der Waals surface area contributed by atoms with Crippen LogP contribution >= 0.6 is 0 Å². The third kappa shape index (κ3) is 3.00. The summed E-state index contributed by atoms with van der Waals surface area (Å²) in [4.78, 5) is 2.27. The van der Waals surface area contributed by atoms with Crippen LogP contribution in [0.15, 0.2) is 0 Å². The van der Waals surface area contributed by atoms with E-state index in [1.807, 2.05) is 0 Å².